The molecule has 0 unspecified atom stereocenters. The lowest BCUT2D eigenvalue weighted by Gasteiger charge is -2.29. The first kappa shape index (κ1) is 62.8. The average Bonchev–Trinajstić information content (AvgIpc) is 3.28. The van der Waals surface area contributed by atoms with Gasteiger partial charge in [-0.3, -0.25) is 34.7 Å². The molecule has 0 aromatic heterocycles. The van der Waals surface area contributed by atoms with Gasteiger partial charge in [0, 0.05) is 73.0 Å². The van der Waals surface area contributed by atoms with Crippen LogP contribution in [0.15, 0.2) is 0 Å². The summed E-state index contributed by atoms with van der Waals surface area (Å²) in [5.41, 5.74) is 0. The minimum atomic E-state index is -0.711. The Bertz CT molecular complexity index is 1300. The van der Waals surface area contributed by atoms with Gasteiger partial charge in [0.1, 0.15) is 0 Å². The number of carbonyl (C=O) groups excluding carboxylic acids is 9. The van der Waals surface area contributed by atoms with E-state index in [1.54, 1.807) is 47.4 Å². The van der Waals surface area contributed by atoms with Crippen LogP contribution in [0, 0.1) is 0 Å². The molecule has 364 valence electrons. The Morgan fingerprint density at radius 1 is 0.444 bits per heavy atom. The molecule has 0 saturated heterocycles. The summed E-state index contributed by atoms with van der Waals surface area (Å²) in [4.78, 5) is 115. The predicted molar refractivity (Wildman–Crippen MR) is 271 cm³/mol. The molecule has 18 nitrogen and oxygen atoms in total. The molecule has 0 aromatic carbocycles. The summed E-state index contributed by atoms with van der Waals surface area (Å²) in [5, 5.41) is 4.15. The number of imide groups is 5. The summed E-state index contributed by atoms with van der Waals surface area (Å²) in [7, 11) is 3.23. The Morgan fingerprint density at radius 2 is 0.857 bits per heavy atom. The predicted octanol–water partition coefficient (Wildman–Crippen LogP) is 4.38. The van der Waals surface area contributed by atoms with Crippen molar-refractivity contribution in [2.75, 3.05) is 125 Å². The fraction of sp³-hybridized carbons (Fsp3) is 0.763. The van der Waals surface area contributed by atoms with E-state index >= 15 is 0 Å². The largest absolute Gasteiger partial charge is 0.345 e. The van der Waals surface area contributed by atoms with Gasteiger partial charge in [-0.1, -0.05) is 0 Å². The first-order valence-electron chi connectivity index (χ1n) is 20.8. The summed E-state index contributed by atoms with van der Waals surface area (Å²) in [6, 6.07) is -2.63. The van der Waals surface area contributed by atoms with Gasteiger partial charge in [0.25, 0.3) is 0 Å². The van der Waals surface area contributed by atoms with Gasteiger partial charge < -0.3 is 19.6 Å². The molecule has 0 fully saturated rings. The van der Waals surface area contributed by atoms with Gasteiger partial charge in [-0.15, -0.1) is 0 Å². The molecule has 2 N–H and O–H groups in total. The van der Waals surface area contributed by atoms with E-state index in [1.807, 2.05) is 0 Å². The summed E-state index contributed by atoms with van der Waals surface area (Å²) >= 11 is 24.1. The molecule has 25 heteroatoms. The standard InChI is InChI=1S/C19H35N5O5S3.C19H36N4O4S4/c1-21(17(27)20-15-25)8-5-13-32-14-6-10-24(18(28)22(2)7-3-11-30)19(29)23(16-26)9-4-12-31;24-16-20-18(26)23(19(27)22(8-2-12-29)9-3-13-30)10-5-15-31-14-4-7-21(17-25)6-1-11-28/h15-16,30-31H,3-14H2,1-2H3,(H,20,25,27);16-17,28-30H,1-15H2,(H,20,24,26). The van der Waals surface area contributed by atoms with Crippen LogP contribution in [-0.2, 0) is 19.2 Å². The lowest BCUT2D eigenvalue weighted by molar-refractivity contribution is -0.118. The number of nitrogens with one attached hydrogen (secondary N) is 2. The van der Waals surface area contributed by atoms with Crippen molar-refractivity contribution in [3.63, 3.8) is 0 Å². The second-order valence-electron chi connectivity index (χ2n) is 13.6. The summed E-state index contributed by atoms with van der Waals surface area (Å²) in [6.07, 6.45) is 8.31. The smallest absolute Gasteiger partial charge is 0.334 e. The number of urea groups is 5. The van der Waals surface area contributed by atoms with Crippen LogP contribution in [0.2, 0.25) is 0 Å². The van der Waals surface area contributed by atoms with Gasteiger partial charge in [-0.2, -0.15) is 86.7 Å². The number of nitrogens with zero attached hydrogens (tertiary/aromatic N) is 7. The third-order valence-electron chi connectivity index (χ3n) is 8.61. The Hall–Kier alpha value is -2.32. The van der Waals surface area contributed by atoms with Crippen molar-refractivity contribution < 1.29 is 43.2 Å². The van der Waals surface area contributed by atoms with Crippen LogP contribution >= 0.6 is 86.7 Å². The summed E-state index contributed by atoms with van der Waals surface area (Å²) in [6.45, 7) is 4.02. The molecule has 63 heavy (non-hydrogen) atoms. The van der Waals surface area contributed by atoms with E-state index in [2.05, 4.69) is 73.8 Å². The molecule has 0 aliphatic carbocycles. The van der Waals surface area contributed by atoms with Crippen molar-refractivity contribution in [3.8, 4) is 0 Å². The van der Waals surface area contributed by atoms with Crippen LogP contribution < -0.4 is 10.6 Å². The second-order valence-corrected chi connectivity index (χ2v) is 18.3. The van der Waals surface area contributed by atoms with Crippen molar-refractivity contribution in [1.29, 1.82) is 0 Å². The number of thioether (sulfide) groups is 2. The fourth-order valence-electron chi connectivity index (χ4n) is 5.26. The van der Waals surface area contributed by atoms with Crippen LogP contribution in [0.4, 0.5) is 24.0 Å². The van der Waals surface area contributed by atoms with Crippen LogP contribution in [0.1, 0.15) is 57.8 Å². The molecule has 0 atom stereocenters. The van der Waals surface area contributed by atoms with E-state index in [9.17, 15) is 43.2 Å². The van der Waals surface area contributed by atoms with E-state index in [4.69, 9.17) is 0 Å². The molecule has 0 spiro atoms. The summed E-state index contributed by atoms with van der Waals surface area (Å²) < 4.78 is 0. The van der Waals surface area contributed by atoms with Crippen LogP contribution in [0.25, 0.3) is 0 Å². The molecule has 0 aliphatic heterocycles. The molecular weight excluding hydrogens is 951 g/mol. The van der Waals surface area contributed by atoms with Crippen molar-refractivity contribution in [2.45, 2.75) is 57.8 Å². The molecule has 0 bridgehead atoms. The normalized spacial score (nSPS) is 10.3. The molecule has 0 radical (unpaired) electrons. The SMILES string of the molecule is CN(CCCSCCCN(C(=O)N(C)CCCS)C(=O)N(C=O)CCCS)C(=O)NC=O.O=CNC(=O)N(CCCSCCCN(C=O)CCCS)C(=O)N(CCCS)CCCS. The Labute approximate surface area is 410 Å². The minimum Gasteiger partial charge on any atom is -0.345 e. The van der Waals surface area contributed by atoms with E-state index in [0.29, 0.717) is 113 Å². The van der Waals surface area contributed by atoms with E-state index in [0.717, 1.165) is 69.9 Å². The second kappa shape index (κ2) is 43.6. The van der Waals surface area contributed by atoms with Crippen molar-refractivity contribution in [3.05, 3.63) is 0 Å². The lowest BCUT2D eigenvalue weighted by atomic mass is 10.3. The zero-order valence-electron chi connectivity index (χ0n) is 36.8. The lowest BCUT2D eigenvalue weighted by Crippen LogP contribution is -2.51. The summed E-state index contributed by atoms with van der Waals surface area (Å²) in [5.74, 6) is 6.32. The molecule has 0 rings (SSSR count). The van der Waals surface area contributed by atoms with Gasteiger partial charge in [-0.25, -0.2) is 33.8 Å². The molecule has 0 aliphatic rings. The first-order chi connectivity index (χ1) is 30.4. The maximum absolute atomic E-state index is 12.9. The number of hydrogen-bond acceptors (Lipinski definition) is 16. The van der Waals surface area contributed by atoms with Gasteiger partial charge >= 0.3 is 30.2 Å². The highest BCUT2D eigenvalue weighted by atomic mass is 32.2. The van der Waals surface area contributed by atoms with Gasteiger partial charge in [0.05, 0.1) is 0 Å². The molecular formula is C38H71N9O9S7. The number of thiol groups is 5. The number of carbonyl (C=O) groups is 9. The molecule has 0 saturated carbocycles. The maximum atomic E-state index is 12.9. The van der Waals surface area contributed by atoms with E-state index in [-0.39, 0.29) is 26.0 Å². The quantitative estimate of drug-likeness (QED) is 0.0270. The van der Waals surface area contributed by atoms with Gasteiger partial charge in [0.2, 0.25) is 25.6 Å². The highest BCUT2D eigenvalue weighted by Gasteiger charge is 2.28. The van der Waals surface area contributed by atoms with Crippen LogP contribution in [0.5, 0.6) is 0 Å². The van der Waals surface area contributed by atoms with E-state index in [1.165, 1.54) is 9.80 Å². The maximum Gasteiger partial charge on any atom is 0.334 e. The Morgan fingerprint density at radius 3 is 1.35 bits per heavy atom. The Kier molecular flexibility index (Phi) is 43.4. The van der Waals surface area contributed by atoms with Crippen molar-refractivity contribution in [1.82, 2.24) is 44.9 Å². The topological polar surface area (TPSA) is 200 Å². The van der Waals surface area contributed by atoms with E-state index < -0.39 is 30.2 Å². The fourth-order valence-corrected chi connectivity index (χ4v) is 7.71. The zero-order chi connectivity index (χ0) is 47.7. The highest BCUT2D eigenvalue weighted by Crippen LogP contribution is 2.12. The van der Waals surface area contributed by atoms with Crippen LogP contribution in [0.3, 0.4) is 0 Å². The van der Waals surface area contributed by atoms with Crippen molar-refractivity contribution >= 4 is 142 Å². The monoisotopic (exact) mass is 1020 g/mol. The number of rotatable bonds is 35. The molecule has 0 aromatic rings. The molecule has 14 amide bonds. The van der Waals surface area contributed by atoms with Gasteiger partial charge in [0.15, 0.2) is 0 Å². The zero-order valence-corrected chi connectivity index (χ0v) is 42.9. The molecule has 0 heterocycles. The number of hydrogen-bond donors (Lipinski definition) is 7. The van der Waals surface area contributed by atoms with Gasteiger partial charge in [-0.05, 0) is 110 Å². The highest BCUT2D eigenvalue weighted by molar-refractivity contribution is 7.99. The average molecular weight is 1020 g/mol. The third-order valence-corrected chi connectivity index (χ3v) is 12.5. The van der Waals surface area contributed by atoms with Crippen LogP contribution in [-0.4, -0.2) is 215 Å². The first-order valence-corrected chi connectivity index (χ1v) is 26.3. The number of amides is 14. The Balaban J connectivity index is 0. The third kappa shape index (κ3) is 31.3. The minimum absolute atomic E-state index is 0.197. The van der Waals surface area contributed by atoms with Crippen molar-refractivity contribution in [2.24, 2.45) is 0 Å².